The maximum atomic E-state index is 13.1. The first-order valence-electron chi connectivity index (χ1n) is 9.28. The lowest BCUT2D eigenvalue weighted by molar-refractivity contribution is 0.340. The van der Waals surface area contributed by atoms with Crippen LogP contribution in [0, 0.1) is 6.92 Å². The van der Waals surface area contributed by atoms with Gasteiger partial charge in [0.05, 0.1) is 11.5 Å². The van der Waals surface area contributed by atoms with Gasteiger partial charge in [0.15, 0.2) is 5.82 Å². The molecular formula is C22H21N3O3S. The Morgan fingerprint density at radius 2 is 1.76 bits per heavy atom. The molecule has 29 heavy (non-hydrogen) atoms. The van der Waals surface area contributed by atoms with E-state index in [0.29, 0.717) is 29.5 Å². The predicted octanol–water partition coefficient (Wildman–Crippen LogP) is 4.51. The first-order valence-corrected chi connectivity index (χ1v) is 10.8. The van der Waals surface area contributed by atoms with E-state index >= 15 is 0 Å². The van der Waals surface area contributed by atoms with Crippen molar-refractivity contribution in [3.8, 4) is 17.0 Å². The van der Waals surface area contributed by atoms with E-state index in [4.69, 9.17) is 4.74 Å². The second-order valence-corrected chi connectivity index (χ2v) is 8.30. The van der Waals surface area contributed by atoms with E-state index < -0.39 is 10.0 Å². The van der Waals surface area contributed by atoms with E-state index in [1.54, 1.807) is 16.5 Å². The van der Waals surface area contributed by atoms with Crippen LogP contribution in [-0.4, -0.2) is 24.4 Å². The van der Waals surface area contributed by atoms with Gasteiger partial charge in [-0.1, -0.05) is 30.3 Å². The highest BCUT2D eigenvalue weighted by Crippen LogP contribution is 2.31. The summed E-state index contributed by atoms with van der Waals surface area (Å²) in [5.74, 6) is 1.03. The van der Waals surface area contributed by atoms with E-state index in [2.05, 4.69) is 9.71 Å². The number of sulfonamides is 1. The van der Waals surface area contributed by atoms with Crippen LogP contribution in [0.3, 0.4) is 0 Å². The SMILES string of the molecule is CCOc1ccc(S(=O)(=O)Nc2c(-c3ccccc3)nc3cc(C)ccn23)cc1. The van der Waals surface area contributed by atoms with Crippen molar-refractivity contribution in [2.24, 2.45) is 0 Å². The molecule has 148 valence electrons. The van der Waals surface area contributed by atoms with Crippen LogP contribution in [0.1, 0.15) is 12.5 Å². The van der Waals surface area contributed by atoms with Crippen LogP contribution >= 0.6 is 0 Å². The van der Waals surface area contributed by atoms with Gasteiger partial charge in [0, 0.05) is 11.8 Å². The lowest BCUT2D eigenvalue weighted by atomic mass is 10.1. The molecule has 0 atom stereocenters. The number of ether oxygens (including phenoxy) is 1. The Bertz CT molecular complexity index is 1250. The summed E-state index contributed by atoms with van der Waals surface area (Å²) < 4.78 is 36.0. The summed E-state index contributed by atoms with van der Waals surface area (Å²) >= 11 is 0. The Hall–Kier alpha value is -3.32. The van der Waals surface area contributed by atoms with Gasteiger partial charge in [-0.2, -0.15) is 0 Å². The number of fused-ring (bicyclic) bond motifs is 1. The summed E-state index contributed by atoms with van der Waals surface area (Å²) in [5.41, 5.74) is 3.13. The number of hydrogen-bond donors (Lipinski definition) is 1. The number of nitrogens with zero attached hydrogens (tertiary/aromatic N) is 2. The Kier molecular flexibility index (Phi) is 4.98. The molecule has 0 aliphatic rings. The molecule has 2 heterocycles. The molecule has 0 unspecified atom stereocenters. The molecule has 2 aromatic heterocycles. The van der Waals surface area contributed by atoms with E-state index in [9.17, 15) is 8.42 Å². The van der Waals surface area contributed by atoms with Crippen LogP contribution in [0.25, 0.3) is 16.9 Å². The third kappa shape index (κ3) is 3.82. The molecule has 0 fully saturated rings. The van der Waals surface area contributed by atoms with Crippen molar-refractivity contribution in [3.63, 3.8) is 0 Å². The first-order chi connectivity index (χ1) is 14.0. The summed E-state index contributed by atoms with van der Waals surface area (Å²) in [6.07, 6.45) is 1.82. The number of hydrogen-bond acceptors (Lipinski definition) is 4. The average Bonchev–Trinajstić information content (AvgIpc) is 3.06. The third-order valence-electron chi connectivity index (χ3n) is 4.50. The normalized spacial score (nSPS) is 11.5. The quantitative estimate of drug-likeness (QED) is 0.510. The first kappa shape index (κ1) is 19.0. The monoisotopic (exact) mass is 407 g/mol. The van der Waals surface area contributed by atoms with E-state index in [-0.39, 0.29) is 4.90 Å². The Labute approximate surface area is 169 Å². The minimum atomic E-state index is -3.81. The highest BCUT2D eigenvalue weighted by atomic mass is 32.2. The molecule has 0 saturated heterocycles. The largest absolute Gasteiger partial charge is 0.494 e. The lowest BCUT2D eigenvalue weighted by Crippen LogP contribution is -2.15. The number of nitrogens with one attached hydrogen (secondary N) is 1. The van der Waals surface area contributed by atoms with Crippen LogP contribution < -0.4 is 9.46 Å². The standard InChI is InChI=1S/C22H21N3O3S/c1-3-28-18-9-11-19(12-10-18)29(26,27)24-22-21(17-7-5-4-6-8-17)23-20-15-16(2)13-14-25(20)22/h4-15,24H,3H2,1-2H3. The van der Waals surface area contributed by atoms with Crippen molar-refractivity contribution in [3.05, 3.63) is 78.5 Å². The molecule has 0 bridgehead atoms. The summed E-state index contributed by atoms with van der Waals surface area (Å²) in [5, 5.41) is 0. The summed E-state index contributed by atoms with van der Waals surface area (Å²) in [6.45, 7) is 4.37. The number of anilines is 1. The Morgan fingerprint density at radius 3 is 2.45 bits per heavy atom. The zero-order valence-corrected chi connectivity index (χ0v) is 17.0. The van der Waals surface area contributed by atoms with Gasteiger partial charge in [-0.15, -0.1) is 0 Å². The van der Waals surface area contributed by atoms with Gasteiger partial charge in [-0.25, -0.2) is 13.4 Å². The van der Waals surface area contributed by atoms with E-state index in [1.807, 2.05) is 62.5 Å². The molecule has 0 amide bonds. The van der Waals surface area contributed by atoms with Gasteiger partial charge in [-0.05, 0) is 55.8 Å². The fourth-order valence-electron chi connectivity index (χ4n) is 3.11. The zero-order chi connectivity index (χ0) is 20.4. The summed E-state index contributed by atoms with van der Waals surface area (Å²) in [7, 11) is -3.81. The van der Waals surface area contributed by atoms with Gasteiger partial charge >= 0.3 is 0 Å². The van der Waals surface area contributed by atoms with Crippen LogP contribution in [0.4, 0.5) is 5.82 Å². The van der Waals surface area contributed by atoms with Gasteiger partial charge in [0.2, 0.25) is 0 Å². The summed E-state index contributed by atoms with van der Waals surface area (Å²) in [6, 6.07) is 19.7. The topological polar surface area (TPSA) is 72.7 Å². The van der Waals surface area contributed by atoms with Crippen molar-refractivity contribution in [2.75, 3.05) is 11.3 Å². The fourth-order valence-corrected chi connectivity index (χ4v) is 4.17. The number of aromatic nitrogens is 2. The lowest BCUT2D eigenvalue weighted by Gasteiger charge is -2.11. The number of pyridine rings is 1. The molecule has 7 heteroatoms. The maximum Gasteiger partial charge on any atom is 0.263 e. The molecule has 0 radical (unpaired) electrons. The van der Waals surface area contributed by atoms with Crippen LogP contribution in [-0.2, 0) is 10.0 Å². The minimum Gasteiger partial charge on any atom is -0.494 e. The Balaban J connectivity index is 1.80. The molecule has 0 spiro atoms. The molecule has 6 nitrogen and oxygen atoms in total. The van der Waals surface area contributed by atoms with Crippen molar-refractivity contribution in [1.29, 1.82) is 0 Å². The van der Waals surface area contributed by atoms with Crippen LogP contribution in [0.5, 0.6) is 5.75 Å². The van der Waals surface area contributed by atoms with Crippen molar-refractivity contribution in [1.82, 2.24) is 9.38 Å². The Morgan fingerprint density at radius 1 is 1.03 bits per heavy atom. The molecule has 0 saturated carbocycles. The number of benzene rings is 2. The second-order valence-electron chi connectivity index (χ2n) is 6.62. The predicted molar refractivity (Wildman–Crippen MR) is 114 cm³/mol. The van der Waals surface area contributed by atoms with Crippen LogP contribution in [0.15, 0.2) is 77.8 Å². The van der Waals surface area contributed by atoms with Crippen molar-refractivity contribution >= 4 is 21.5 Å². The molecule has 1 N–H and O–H groups in total. The smallest absolute Gasteiger partial charge is 0.263 e. The molecule has 0 aliphatic carbocycles. The number of aryl methyl sites for hydroxylation is 1. The van der Waals surface area contributed by atoms with Gasteiger partial charge < -0.3 is 4.74 Å². The number of imidazole rings is 1. The van der Waals surface area contributed by atoms with Gasteiger partial charge in [-0.3, -0.25) is 9.12 Å². The van der Waals surface area contributed by atoms with Gasteiger partial charge in [0.25, 0.3) is 10.0 Å². The summed E-state index contributed by atoms with van der Waals surface area (Å²) in [4.78, 5) is 4.83. The van der Waals surface area contributed by atoms with Crippen LogP contribution in [0.2, 0.25) is 0 Å². The molecule has 4 rings (SSSR count). The van der Waals surface area contributed by atoms with E-state index in [1.165, 1.54) is 12.1 Å². The highest BCUT2D eigenvalue weighted by Gasteiger charge is 2.21. The molecule has 2 aromatic carbocycles. The van der Waals surface area contributed by atoms with Gasteiger partial charge in [0.1, 0.15) is 17.1 Å². The van der Waals surface area contributed by atoms with Crippen molar-refractivity contribution in [2.45, 2.75) is 18.7 Å². The maximum absolute atomic E-state index is 13.1. The minimum absolute atomic E-state index is 0.155. The third-order valence-corrected chi connectivity index (χ3v) is 5.86. The molecule has 0 aliphatic heterocycles. The highest BCUT2D eigenvalue weighted by molar-refractivity contribution is 7.92. The van der Waals surface area contributed by atoms with Crippen molar-refractivity contribution < 1.29 is 13.2 Å². The zero-order valence-electron chi connectivity index (χ0n) is 16.2. The molecule has 4 aromatic rings. The molecular weight excluding hydrogens is 386 g/mol. The number of rotatable bonds is 6. The average molecular weight is 407 g/mol. The van der Waals surface area contributed by atoms with E-state index in [0.717, 1.165) is 11.1 Å². The second kappa shape index (κ2) is 7.60. The fraction of sp³-hybridized carbons (Fsp3) is 0.136.